The summed E-state index contributed by atoms with van der Waals surface area (Å²) >= 11 is 0. The second-order valence-corrected chi connectivity index (χ2v) is 3.14. The van der Waals surface area contributed by atoms with Gasteiger partial charge in [0, 0.05) is 0 Å². The van der Waals surface area contributed by atoms with Gasteiger partial charge in [0.2, 0.25) is 11.5 Å². The van der Waals surface area contributed by atoms with Gasteiger partial charge in [-0.25, -0.2) is 4.79 Å². The van der Waals surface area contributed by atoms with Crippen molar-refractivity contribution in [3.63, 3.8) is 0 Å². The Morgan fingerprint density at radius 3 is 2.86 bits per heavy atom. The quantitative estimate of drug-likeness (QED) is 0.641. The second-order valence-electron chi connectivity index (χ2n) is 3.14. The van der Waals surface area contributed by atoms with Gasteiger partial charge in [-0.05, 0) is 20.8 Å². The van der Waals surface area contributed by atoms with Gasteiger partial charge in [-0.15, -0.1) is 0 Å². The summed E-state index contributed by atoms with van der Waals surface area (Å²) in [5.41, 5.74) is -1.01. The van der Waals surface area contributed by atoms with Crippen LogP contribution in [-0.4, -0.2) is 30.7 Å². The van der Waals surface area contributed by atoms with Crippen LogP contribution in [0, 0.1) is 0 Å². The molecule has 0 radical (unpaired) electrons. The lowest BCUT2D eigenvalue weighted by atomic mass is 10.0. The van der Waals surface area contributed by atoms with Gasteiger partial charge in [0.25, 0.3) is 0 Å². The lowest BCUT2D eigenvalue weighted by Gasteiger charge is -2.18. The molecule has 1 aliphatic heterocycles. The molecule has 0 spiro atoms. The first kappa shape index (κ1) is 10.8. The van der Waals surface area contributed by atoms with E-state index in [0.717, 1.165) is 0 Å². The maximum absolute atomic E-state index is 11.4. The maximum atomic E-state index is 11.4. The van der Waals surface area contributed by atoms with Crippen LogP contribution in [0.25, 0.3) is 0 Å². The van der Waals surface area contributed by atoms with E-state index in [1.807, 2.05) is 6.92 Å². The fourth-order valence-corrected chi connectivity index (χ4v) is 1.14. The van der Waals surface area contributed by atoms with Crippen molar-refractivity contribution in [1.82, 2.24) is 0 Å². The number of rotatable bonds is 3. The van der Waals surface area contributed by atoms with Crippen LogP contribution in [0.4, 0.5) is 0 Å². The molecule has 1 aliphatic rings. The largest absolute Gasteiger partial charge is 0.479 e. The van der Waals surface area contributed by atoms with E-state index >= 15 is 0 Å². The van der Waals surface area contributed by atoms with Gasteiger partial charge < -0.3 is 14.3 Å². The second kappa shape index (κ2) is 4.30. The average Bonchev–Trinajstić information content (AvgIpc) is 2.50. The third kappa shape index (κ3) is 2.16. The molecule has 0 N–H and O–H groups in total. The van der Waals surface area contributed by atoms with Crippen LogP contribution < -0.4 is 0 Å². The molecule has 0 aromatic rings. The molecular formula is C9H15NO4. The van der Waals surface area contributed by atoms with Gasteiger partial charge in [0.1, 0.15) is 0 Å². The summed E-state index contributed by atoms with van der Waals surface area (Å²) in [4.78, 5) is 16.4. The highest BCUT2D eigenvalue weighted by molar-refractivity contribution is 5.89. The summed E-state index contributed by atoms with van der Waals surface area (Å²) in [6.45, 7) is 6.09. The summed E-state index contributed by atoms with van der Waals surface area (Å²) in [6, 6.07) is 0. The first-order valence-corrected chi connectivity index (χ1v) is 4.67. The molecule has 0 aliphatic carbocycles. The first-order valence-electron chi connectivity index (χ1n) is 4.67. The van der Waals surface area contributed by atoms with E-state index in [4.69, 9.17) is 14.3 Å². The van der Waals surface area contributed by atoms with Crippen LogP contribution >= 0.6 is 0 Å². The fraction of sp³-hybridized carbons (Fsp3) is 0.778. The van der Waals surface area contributed by atoms with Crippen molar-refractivity contribution in [1.29, 1.82) is 0 Å². The summed E-state index contributed by atoms with van der Waals surface area (Å²) in [6.07, 6.45) is 0.333. The Balaban J connectivity index is 2.52. The van der Waals surface area contributed by atoms with Gasteiger partial charge >= 0.3 is 5.97 Å². The van der Waals surface area contributed by atoms with Crippen molar-refractivity contribution in [2.45, 2.75) is 32.8 Å². The van der Waals surface area contributed by atoms with Gasteiger partial charge in [-0.1, -0.05) is 5.16 Å². The number of nitrogens with zero attached hydrogens (tertiary/aromatic N) is 1. The monoisotopic (exact) mass is 201 g/mol. The normalized spacial score (nSPS) is 25.2. The van der Waals surface area contributed by atoms with Crippen molar-refractivity contribution in [3.8, 4) is 0 Å². The highest BCUT2D eigenvalue weighted by atomic mass is 16.7. The zero-order valence-corrected chi connectivity index (χ0v) is 8.70. The third-order valence-electron chi connectivity index (χ3n) is 1.86. The van der Waals surface area contributed by atoms with Crippen LogP contribution in [0.3, 0.4) is 0 Å². The smallest absolute Gasteiger partial charge is 0.353 e. The van der Waals surface area contributed by atoms with Crippen LogP contribution in [0.2, 0.25) is 0 Å². The Morgan fingerprint density at radius 1 is 1.57 bits per heavy atom. The summed E-state index contributed by atoms with van der Waals surface area (Å²) in [5.74, 6) is 0.0431. The Hall–Kier alpha value is -1.26. The van der Waals surface area contributed by atoms with Crippen molar-refractivity contribution in [2.75, 3.05) is 13.2 Å². The molecule has 14 heavy (non-hydrogen) atoms. The van der Waals surface area contributed by atoms with E-state index in [1.165, 1.54) is 0 Å². The average molecular weight is 201 g/mol. The molecule has 0 aromatic carbocycles. The van der Waals surface area contributed by atoms with Gasteiger partial charge in [-0.3, -0.25) is 0 Å². The molecule has 0 bridgehead atoms. The van der Waals surface area contributed by atoms with E-state index in [1.54, 1.807) is 13.8 Å². The lowest BCUT2D eigenvalue weighted by molar-refractivity contribution is -0.166. The maximum Gasteiger partial charge on any atom is 0.353 e. The zero-order chi connectivity index (χ0) is 10.6. The molecule has 0 aromatic heterocycles. The van der Waals surface area contributed by atoms with Crippen LogP contribution in [0.15, 0.2) is 5.16 Å². The minimum Gasteiger partial charge on any atom is -0.479 e. The van der Waals surface area contributed by atoms with Crippen molar-refractivity contribution >= 4 is 11.9 Å². The van der Waals surface area contributed by atoms with E-state index in [0.29, 0.717) is 25.5 Å². The third-order valence-corrected chi connectivity index (χ3v) is 1.86. The van der Waals surface area contributed by atoms with E-state index in [-0.39, 0.29) is 0 Å². The molecule has 1 rings (SSSR count). The predicted octanol–water partition coefficient (Wildman–Crippen LogP) is 1.08. The van der Waals surface area contributed by atoms with Crippen LogP contribution in [0.5, 0.6) is 0 Å². The highest BCUT2D eigenvalue weighted by Crippen LogP contribution is 2.25. The molecule has 1 heterocycles. The molecular weight excluding hydrogens is 186 g/mol. The Morgan fingerprint density at radius 2 is 2.29 bits per heavy atom. The molecule has 0 amide bonds. The topological polar surface area (TPSA) is 57.1 Å². The Labute approximate surface area is 83.0 Å². The minimum atomic E-state index is -1.01. The Bertz CT molecular complexity index is 251. The van der Waals surface area contributed by atoms with Gasteiger partial charge in [0.15, 0.2) is 0 Å². The number of hydrogen-bond acceptors (Lipinski definition) is 5. The van der Waals surface area contributed by atoms with E-state index in [9.17, 15) is 4.79 Å². The van der Waals surface area contributed by atoms with Gasteiger partial charge in [-0.2, -0.15) is 0 Å². The van der Waals surface area contributed by atoms with Crippen LogP contribution in [0.1, 0.15) is 27.2 Å². The van der Waals surface area contributed by atoms with Crippen molar-refractivity contribution in [3.05, 3.63) is 0 Å². The molecule has 5 nitrogen and oxygen atoms in total. The van der Waals surface area contributed by atoms with Crippen molar-refractivity contribution < 1.29 is 19.1 Å². The molecule has 0 fully saturated rings. The molecule has 5 heteroatoms. The number of oxime groups is 1. The molecule has 80 valence electrons. The van der Waals surface area contributed by atoms with E-state index < -0.39 is 11.6 Å². The summed E-state index contributed by atoms with van der Waals surface area (Å²) in [7, 11) is 0. The van der Waals surface area contributed by atoms with E-state index in [2.05, 4.69) is 5.16 Å². The number of esters is 1. The lowest BCUT2D eigenvalue weighted by Crippen LogP contribution is -2.37. The number of ether oxygens (including phenoxy) is 2. The molecule has 1 unspecified atom stereocenters. The summed E-state index contributed by atoms with van der Waals surface area (Å²) < 4.78 is 10.0. The first-order chi connectivity index (χ1) is 6.62. The number of hydrogen-bond donors (Lipinski definition) is 0. The van der Waals surface area contributed by atoms with Crippen molar-refractivity contribution in [2.24, 2.45) is 5.16 Å². The number of carbonyl (C=O) groups excluding carboxylic acids is 1. The fourth-order valence-electron chi connectivity index (χ4n) is 1.14. The molecule has 0 saturated carbocycles. The standard InChI is InChI=1S/C9H15NO4/c1-4-12-7-6-9(3,14-10-7)8(11)13-5-2/h4-6H2,1-3H3. The molecule has 1 atom stereocenters. The zero-order valence-electron chi connectivity index (χ0n) is 8.70. The molecule has 0 saturated heterocycles. The van der Waals surface area contributed by atoms with Gasteiger partial charge in [0.05, 0.1) is 19.6 Å². The SMILES string of the molecule is CCOC(=O)C1(C)CC(OCC)=NO1. The van der Waals surface area contributed by atoms with Crippen LogP contribution in [-0.2, 0) is 19.1 Å². The summed E-state index contributed by atoms with van der Waals surface area (Å²) in [5, 5.41) is 3.68. The number of carbonyl (C=O) groups is 1. The Kier molecular flexibility index (Phi) is 3.33. The minimum absolute atomic E-state index is 0.333. The predicted molar refractivity (Wildman–Crippen MR) is 49.8 cm³/mol. The highest BCUT2D eigenvalue weighted by Gasteiger charge is 2.44.